The largest absolute Gasteiger partial charge is 0.299 e. The molecule has 1 heterocycles. The minimum atomic E-state index is -0.349. The van der Waals surface area contributed by atoms with E-state index in [9.17, 15) is 9.18 Å². The summed E-state index contributed by atoms with van der Waals surface area (Å²) in [5.74, 6) is -0.508. The normalized spacial score (nSPS) is 9.57. The van der Waals surface area contributed by atoms with Gasteiger partial charge in [-0.2, -0.15) is 0 Å². The molecule has 0 fully saturated rings. The quantitative estimate of drug-likeness (QED) is 0.490. The summed E-state index contributed by atoms with van der Waals surface area (Å²) in [4.78, 5) is 24.7. The van der Waals surface area contributed by atoms with E-state index >= 15 is 0 Å². The fraction of sp³-hybridized carbons (Fsp3) is 0. The van der Waals surface area contributed by atoms with Gasteiger partial charge < -0.3 is 0 Å². The van der Waals surface area contributed by atoms with E-state index in [1.165, 1.54) is 36.4 Å². The lowest BCUT2D eigenvalue weighted by molar-refractivity contribution is -0.104. The van der Waals surface area contributed by atoms with Gasteiger partial charge in [-0.1, -0.05) is 12.6 Å². The van der Waals surface area contributed by atoms with E-state index in [-0.39, 0.29) is 11.6 Å². The van der Waals surface area contributed by atoms with Crippen LogP contribution in [0.1, 0.15) is 15.9 Å². The Balaban J connectivity index is 0.000000491. The molecular weight excluding hydrogens is 269 g/mol. The predicted molar refractivity (Wildman–Crippen MR) is 80.3 cm³/mol. The van der Waals surface area contributed by atoms with Crippen LogP contribution in [0.5, 0.6) is 0 Å². The summed E-state index contributed by atoms with van der Waals surface area (Å²) in [6.45, 7) is 3.11. The molecule has 0 radical (unpaired) electrons. The summed E-state index contributed by atoms with van der Waals surface area (Å²) in [6, 6.07) is 9.11. The number of benzene rings is 1. The average molecular weight is 283 g/mol. The van der Waals surface area contributed by atoms with Crippen LogP contribution in [0.2, 0.25) is 0 Å². The second-order valence-corrected chi connectivity index (χ2v) is 3.86. The highest BCUT2D eigenvalue weighted by Gasteiger charge is 2.01. The first kappa shape index (κ1) is 16.2. The van der Waals surface area contributed by atoms with Gasteiger partial charge >= 0.3 is 0 Å². The molecule has 0 aliphatic carbocycles. The number of hydrogen-bond donors (Lipinski definition) is 0. The molecule has 0 bridgehead atoms. The maximum atomic E-state index is 12.7. The van der Waals surface area contributed by atoms with Crippen molar-refractivity contribution in [2.45, 2.75) is 0 Å². The Morgan fingerprint density at radius 2 is 1.86 bits per heavy atom. The van der Waals surface area contributed by atoms with Crippen LogP contribution < -0.4 is 0 Å². The van der Waals surface area contributed by atoms with Crippen LogP contribution in [0, 0.1) is 5.82 Å². The smallest absolute Gasteiger partial charge is 0.185 e. The lowest BCUT2D eigenvalue weighted by atomic mass is 10.1. The number of nitrogens with zero attached hydrogens (tertiary/aromatic N) is 1. The fourth-order valence-corrected chi connectivity index (χ4v) is 1.36. The van der Waals surface area contributed by atoms with Gasteiger partial charge in [-0.05, 0) is 54.1 Å². The van der Waals surface area contributed by atoms with E-state index in [0.29, 0.717) is 11.8 Å². The van der Waals surface area contributed by atoms with Crippen molar-refractivity contribution in [3.05, 3.63) is 84.5 Å². The molecule has 1 aromatic heterocycles. The molecule has 106 valence electrons. The fourth-order valence-electron chi connectivity index (χ4n) is 1.36. The summed E-state index contributed by atoms with van der Waals surface area (Å²) in [6.07, 6.45) is 8.29. The van der Waals surface area contributed by atoms with Gasteiger partial charge in [-0.15, -0.1) is 0 Å². The molecule has 0 spiro atoms. The van der Waals surface area contributed by atoms with Gasteiger partial charge in [0.25, 0.3) is 0 Å². The zero-order valence-electron chi connectivity index (χ0n) is 11.3. The zero-order valence-corrected chi connectivity index (χ0v) is 11.3. The third kappa shape index (κ3) is 6.20. The first-order valence-corrected chi connectivity index (χ1v) is 6.11. The van der Waals surface area contributed by atoms with Crippen molar-refractivity contribution in [2.75, 3.05) is 0 Å². The Labute approximate surface area is 122 Å². The summed E-state index contributed by atoms with van der Waals surface area (Å²) < 4.78 is 12.7. The number of halogens is 1. The van der Waals surface area contributed by atoms with E-state index in [1.807, 2.05) is 6.07 Å². The highest BCUT2D eigenvalue weighted by molar-refractivity contribution is 6.06. The van der Waals surface area contributed by atoms with Crippen LogP contribution in [0.3, 0.4) is 0 Å². The van der Waals surface area contributed by atoms with Crippen molar-refractivity contribution in [3.63, 3.8) is 0 Å². The standard InChI is InChI=1S/C14H10FNO.C3H4O/c15-13-6-4-12(5-7-13)14(17)8-3-11-2-1-9-16-10-11;1-2-3-4/h1-10H;2-3H,1H2. The molecule has 0 N–H and O–H groups in total. The summed E-state index contributed by atoms with van der Waals surface area (Å²) in [7, 11) is 0. The van der Waals surface area contributed by atoms with Crippen LogP contribution in [-0.2, 0) is 4.79 Å². The number of carbonyl (C=O) groups is 2. The monoisotopic (exact) mass is 283 g/mol. The minimum absolute atomic E-state index is 0.158. The van der Waals surface area contributed by atoms with Crippen molar-refractivity contribution >= 4 is 18.1 Å². The maximum absolute atomic E-state index is 12.7. The highest BCUT2D eigenvalue weighted by atomic mass is 19.1. The molecule has 4 heteroatoms. The molecule has 0 saturated heterocycles. The lowest BCUT2D eigenvalue weighted by Gasteiger charge is -1.95. The second kappa shape index (κ2) is 9.09. The lowest BCUT2D eigenvalue weighted by Crippen LogP contribution is -1.93. The zero-order chi connectivity index (χ0) is 15.5. The first-order valence-electron chi connectivity index (χ1n) is 6.11. The predicted octanol–water partition coefficient (Wildman–Crippen LogP) is 3.49. The minimum Gasteiger partial charge on any atom is -0.299 e. The number of ketones is 1. The maximum Gasteiger partial charge on any atom is 0.185 e. The molecular formula is C17H14FNO2. The molecule has 0 amide bonds. The van der Waals surface area contributed by atoms with Crippen LogP contribution in [-0.4, -0.2) is 17.1 Å². The van der Waals surface area contributed by atoms with Crippen molar-refractivity contribution < 1.29 is 14.0 Å². The van der Waals surface area contributed by atoms with Gasteiger partial charge in [0.15, 0.2) is 5.78 Å². The molecule has 2 aromatic rings. The van der Waals surface area contributed by atoms with Crippen molar-refractivity contribution in [2.24, 2.45) is 0 Å². The number of allylic oxidation sites excluding steroid dienone is 2. The van der Waals surface area contributed by atoms with Gasteiger partial charge in [0.2, 0.25) is 0 Å². The Hall–Kier alpha value is -2.88. The Kier molecular flexibility index (Phi) is 7.00. The number of rotatable bonds is 4. The number of carbonyl (C=O) groups excluding carboxylic acids is 2. The Morgan fingerprint density at radius 1 is 1.19 bits per heavy atom. The van der Waals surface area contributed by atoms with E-state index in [2.05, 4.69) is 11.6 Å². The van der Waals surface area contributed by atoms with Gasteiger partial charge in [-0.3, -0.25) is 14.6 Å². The highest BCUT2D eigenvalue weighted by Crippen LogP contribution is 2.06. The number of aldehydes is 1. The summed E-state index contributed by atoms with van der Waals surface area (Å²) >= 11 is 0. The number of pyridine rings is 1. The third-order valence-corrected chi connectivity index (χ3v) is 2.34. The van der Waals surface area contributed by atoms with Crippen LogP contribution in [0.25, 0.3) is 6.08 Å². The van der Waals surface area contributed by atoms with E-state index in [1.54, 1.807) is 24.5 Å². The van der Waals surface area contributed by atoms with Gasteiger partial charge in [0.1, 0.15) is 12.1 Å². The van der Waals surface area contributed by atoms with Gasteiger partial charge in [0.05, 0.1) is 0 Å². The molecule has 1 aromatic carbocycles. The molecule has 0 atom stereocenters. The Bertz CT molecular complexity index is 613. The molecule has 0 unspecified atom stereocenters. The third-order valence-electron chi connectivity index (χ3n) is 2.34. The average Bonchev–Trinajstić information content (AvgIpc) is 2.54. The van der Waals surface area contributed by atoms with Crippen molar-refractivity contribution in [1.29, 1.82) is 0 Å². The van der Waals surface area contributed by atoms with Crippen molar-refractivity contribution in [1.82, 2.24) is 4.98 Å². The molecule has 2 rings (SSSR count). The van der Waals surface area contributed by atoms with E-state index in [0.717, 1.165) is 5.56 Å². The topological polar surface area (TPSA) is 47.0 Å². The van der Waals surface area contributed by atoms with Crippen LogP contribution in [0.4, 0.5) is 4.39 Å². The molecule has 21 heavy (non-hydrogen) atoms. The van der Waals surface area contributed by atoms with Crippen molar-refractivity contribution in [3.8, 4) is 0 Å². The number of hydrogen-bond acceptors (Lipinski definition) is 3. The molecule has 0 aliphatic heterocycles. The van der Waals surface area contributed by atoms with E-state index in [4.69, 9.17) is 4.79 Å². The molecule has 0 saturated carbocycles. The number of aromatic nitrogens is 1. The first-order chi connectivity index (χ1) is 10.2. The van der Waals surface area contributed by atoms with Crippen LogP contribution in [0.15, 0.2) is 67.5 Å². The molecule has 3 nitrogen and oxygen atoms in total. The van der Waals surface area contributed by atoms with E-state index < -0.39 is 0 Å². The SMILES string of the molecule is C=CC=O.O=C(C=Cc1cccnc1)c1ccc(F)cc1. The Morgan fingerprint density at radius 3 is 2.38 bits per heavy atom. The summed E-state index contributed by atoms with van der Waals surface area (Å²) in [5, 5.41) is 0. The molecule has 0 aliphatic rings. The van der Waals surface area contributed by atoms with Gasteiger partial charge in [-0.25, -0.2) is 4.39 Å². The van der Waals surface area contributed by atoms with Crippen LogP contribution >= 0.6 is 0 Å². The van der Waals surface area contributed by atoms with Gasteiger partial charge in [0, 0.05) is 18.0 Å². The second-order valence-electron chi connectivity index (χ2n) is 3.86. The summed E-state index contributed by atoms with van der Waals surface area (Å²) in [5.41, 5.74) is 1.31.